The monoisotopic (exact) mass is 343 g/mol. The summed E-state index contributed by atoms with van der Waals surface area (Å²) in [6, 6.07) is 0. The number of alkyl halides is 2. The van der Waals surface area contributed by atoms with Gasteiger partial charge in [0, 0.05) is 6.20 Å². The van der Waals surface area contributed by atoms with Crippen molar-refractivity contribution in [3.8, 4) is 5.88 Å². The molecule has 0 unspecified atom stereocenters. The Bertz CT molecular complexity index is 412. The third-order valence-corrected chi connectivity index (χ3v) is 2.84. The fourth-order valence-corrected chi connectivity index (χ4v) is 1.99. The highest BCUT2D eigenvalue weighted by atomic mass is 127. The second-order valence-electron chi connectivity index (χ2n) is 2.70. The van der Waals surface area contributed by atoms with Gasteiger partial charge in [-0.25, -0.2) is 18.6 Å². The molecule has 0 spiro atoms. The summed E-state index contributed by atoms with van der Waals surface area (Å²) in [5, 5.41) is 0. The quantitative estimate of drug-likeness (QED) is 0.625. The van der Waals surface area contributed by atoms with Crippen molar-refractivity contribution in [2.24, 2.45) is 0 Å². The van der Waals surface area contributed by atoms with Crippen LogP contribution in [0.25, 0.3) is 0 Å². The van der Waals surface area contributed by atoms with Crippen LogP contribution in [0.3, 0.4) is 0 Å². The van der Waals surface area contributed by atoms with Crippen LogP contribution in [-0.4, -0.2) is 25.2 Å². The summed E-state index contributed by atoms with van der Waals surface area (Å²) in [5.74, 6) is -0.717. The number of pyridine rings is 1. The van der Waals surface area contributed by atoms with Gasteiger partial charge < -0.3 is 9.47 Å². The first-order chi connectivity index (χ1) is 7.52. The molecule has 16 heavy (non-hydrogen) atoms. The summed E-state index contributed by atoms with van der Waals surface area (Å²) in [6.07, 6.45) is -1.88. The Balaban J connectivity index is 3.42. The molecular weight excluding hydrogens is 335 g/mol. The van der Waals surface area contributed by atoms with Crippen LogP contribution in [0.15, 0.2) is 6.20 Å². The van der Waals surface area contributed by atoms with E-state index in [9.17, 15) is 13.6 Å². The van der Waals surface area contributed by atoms with E-state index in [4.69, 9.17) is 4.74 Å². The summed E-state index contributed by atoms with van der Waals surface area (Å²) in [4.78, 5) is 15.1. The van der Waals surface area contributed by atoms with Crippen molar-refractivity contribution in [1.82, 2.24) is 4.98 Å². The second kappa shape index (κ2) is 5.37. The summed E-state index contributed by atoms with van der Waals surface area (Å²) in [6.45, 7) is 0. The van der Waals surface area contributed by atoms with Crippen molar-refractivity contribution < 1.29 is 23.0 Å². The molecule has 0 N–H and O–H groups in total. The molecule has 0 aliphatic carbocycles. The lowest BCUT2D eigenvalue weighted by Crippen LogP contribution is -2.11. The number of hydrogen-bond donors (Lipinski definition) is 0. The van der Waals surface area contributed by atoms with Crippen molar-refractivity contribution in [3.63, 3.8) is 0 Å². The number of carbonyl (C=O) groups excluding carboxylic acids is 1. The summed E-state index contributed by atoms with van der Waals surface area (Å²) in [5.41, 5.74) is -0.665. The average Bonchev–Trinajstić information content (AvgIpc) is 2.27. The van der Waals surface area contributed by atoms with Crippen LogP contribution in [0.4, 0.5) is 8.78 Å². The molecule has 7 heteroatoms. The zero-order valence-electron chi connectivity index (χ0n) is 8.46. The third kappa shape index (κ3) is 2.39. The Labute approximate surface area is 104 Å². The molecule has 0 bridgehead atoms. The van der Waals surface area contributed by atoms with E-state index in [2.05, 4.69) is 9.72 Å². The Hall–Kier alpha value is -0.990. The van der Waals surface area contributed by atoms with Crippen molar-refractivity contribution in [1.29, 1.82) is 0 Å². The molecule has 1 heterocycles. The van der Waals surface area contributed by atoms with Crippen molar-refractivity contribution in [2.75, 3.05) is 14.2 Å². The van der Waals surface area contributed by atoms with Crippen molar-refractivity contribution in [2.45, 2.75) is 6.43 Å². The van der Waals surface area contributed by atoms with Gasteiger partial charge in [0.2, 0.25) is 5.88 Å². The minimum absolute atomic E-state index is 0.116. The molecular formula is C9H8F2INO3. The molecule has 88 valence electrons. The van der Waals surface area contributed by atoms with Gasteiger partial charge in [-0.3, -0.25) is 0 Å². The highest BCUT2D eigenvalue weighted by Gasteiger charge is 2.25. The zero-order valence-corrected chi connectivity index (χ0v) is 10.6. The van der Waals surface area contributed by atoms with Crippen LogP contribution in [0.5, 0.6) is 5.88 Å². The predicted octanol–water partition coefficient (Wildman–Crippen LogP) is 2.42. The molecule has 0 aromatic carbocycles. The van der Waals surface area contributed by atoms with Crippen LogP contribution in [0, 0.1) is 3.57 Å². The van der Waals surface area contributed by atoms with Gasteiger partial charge in [0.1, 0.15) is 0 Å². The number of methoxy groups -OCH3 is 2. The van der Waals surface area contributed by atoms with E-state index in [0.29, 0.717) is 0 Å². The zero-order chi connectivity index (χ0) is 12.3. The molecule has 0 saturated heterocycles. The Kier molecular flexibility index (Phi) is 4.39. The van der Waals surface area contributed by atoms with Gasteiger partial charge in [-0.15, -0.1) is 0 Å². The lowest BCUT2D eigenvalue weighted by molar-refractivity contribution is 0.0587. The van der Waals surface area contributed by atoms with Gasteiger partial charge >= 0.3 is 5.97 Å². The van der Waals surface area contributed by atoms with Crippen LogP contribution in [-0.2, 0) is 4.74 Å². The van der Waals surface area contributed by atoms with Gasteiger partial charge in [0.15, 0.2) is 0 Å². The smallest absolute Gasteiger partial charge is 0.339 e. The molecule has 1 aromatic heterocycles. The van der Waals surface area contributed by atoms with Crippen LogP contribution in [0.1, 0.15) is 22.3 Å². The number of esters is 1. The normalized spacial score (nSPS) is 10.4. The molecule has 0 aliphatic heterocycles. The maximum atomic E-state index is 12.6. The van der Waals surface area contributed by atoms with Crippen molar-refractivity contribution >= 4 is 28.6 Å². The SMILES string of the molecule is COC(=O)c1c(C(F)F)cnc(OC)c1I. The topological polar surface area (TPSA) is 48.4 Å². The largest absolute Gasteiger partial charge is 0.480 e. The molecule has 0 saturated carbocycles. The van der Waals surface area contributed by atoms with Gasteiger partial charge in [-0.2, -0.15) is 0 Å². The van der Waals surface area contributed by atoms with Gasteiger partial charge in [-0.1, -0.05) is 0 Å². The molecule has 4 nitrogen and oxygen atoms in total. The van der Waals surface area contributed by atoms with Crippen LogP contribution < -0.4 is 4.74 Å². The molecule has 0 aliphatic rings. The summed E-state index contributed by atoms with van der Waals surface area (Å²) in [7, 11) is 2.47. The molecule has 1 aromatic rings. The highest BCUT2D eigenvalue weighted by molar-refractivity contribution is 14.1. The first-order valence-electron chi connectivity index (χ1n) is 4.11. The van der Waals surface area contributed by atoms with Gasteiger partial charge in [0.05, 0.1) is 28.9 Å². The fraction of sp³-hybridized carbons (Fsp3) is 0.333. The number of hydrogen-bond acceptors (Lipinski definition) is 4. The van der Waals surface area contributed by atoms with E-state index >= 15 is 0 Å². The number of carbonyl (C=O) groups is 1. The Morgan fingerprint density at radius 3 is 2.56 bits per heavy atom. The first kappa shape index (κ1) is 13.1. The van der Waals surface area contributed by atoms with Crippen molar-refractivity contribution in [3.05, 3.63) is 20.9 Å². The average molecular weight is 343 g/mol. The minimum Gasteiger partial charge on any atom is -0.480 e. The summed E-state index contributed by atoms with van der Waals surface area (Å²) < 4.78 is 34.8. The predicted molar refractivity (Wildman–Crippen MR) is 59.8 cm³/mol. The van der Waals surface area contributed by atoms with E-state index in [1.807, 2.05) is 0 Å². The number of aromatic nitrogens is 1. The lowest BCUT2D eigenvalue weighted by Gasteiger charge is -2.11. The maximum absolute atomic E-state index is 12.6. The molecule has 1 rings (SSSR count). The lowest BCUT2D eigenvalue weighted by atomic mass is 10.1. The first-order valence-corrected chi connectivity index (χ1v) is 5.19. The number of ether oxygens (including phenoxy) is 2. The van der Waals surface area contributed by atoms with E-state index in [1.165, 1.54) is 7.11 Å². The molecule has 0 fully saturated rings. The van der Waals surface area contributed by atoms with Crippen LogP contribution in [0.2, 0.25) is 0 Å². The Morgan fingerprint density at radius 1 is 1.50 bits per heavy atom. The molecule has 0 radical (unpaired) electrons. The fourth-order valence-electron chi connectivity index (χ4n) is 1.10. The summed E-state index contributed by atoms with van der Waals surface area (Å²) >= 11 is 1.72. The Morgan fingerprint density at radius 2 is 2.12 bits per heavy atom. The van der Waals surface area contributed by atoms with E-state index in [-0.39, 0.29) is 15.0 Å². The standard InChI is InChI=1S/C9H8F2INO3/c1-15-8-6(12)5(9(14)16-2)4(3-13-8)7(10)11/h3,7H,1-2H3. The maximum Gasteiger partial charge on any atom is 0.339 e. The van der Waals surface area contributed by atoms with Gasteiger partial charge in [-0.05, 0) is 22.6 Å². The molecule has 0 amide bonds. The van der Waals surface area contributed by atoms with Gasteiger partial charge in [0.25, 0.3) is 6.43 Å². The minimum atomic E-state index is -2.79. The van der Waals surface area contributed by atoms with E-state index in [1.54, 1.807) is 22.6 Å². The number of halogens is 3. The van der Waals surface area contributed by atoms with E-state index < -0.39 is 18.0 Å². The third-order valence-electron chi connectivity index (χ3n) is 1.83. The number of rotatable bonds is 3. The second-order valence-corrected chi connectivity index (χ2v) is 3.78. The van der Waals surface area contributed by atoms with E-state index in [0.717, 1.165) is 13.3 Å². The van der Waals surface area contributed by atoms with Crippen LogP contribution >= 0.6 is 22.6 Å². The highest BCUT2D eigenvalue weighted by Crippen LogP contribution is 2.30. The molecule has 0 atom stereocenters. The number of nitrogens with zero attached hydrogens (tertiary/aromatic N) is 1.